The number of rotatable bonds is 0. The van der Waals surface area contributed by atoms with E-state index in [1.54, 1.807) is 0 Å². The fraction of sp³-hybridized carbons (Fsp3) is 0. The second kappa shape index (κ2) is 18.0. The van der Waals surface area contributed by atoms with Gasteiger partial charge in [-0.3, -0.25) is 4.70 Å². The summed E-state index contributed by atoms with van der Waals surface area (Å²) in [5.74, 6) is 0. The molecule has 0 aliphatic carbocycles. The molecule has 0 spiro atoms. The van der Waals surface area contributed by atoms with Crippen molar-refractivity contribution in [2.24, 2.45) is 0 Å². The van der Waals surface area contributed by atoms with E-state index in [1.165, 1.54) is 0 Å². The molecule has 10 heteroatoms. The standard InChI is InChI=1S/Ca.FH.Fe.Mg.Mn.H3O4P.4H/c;;;;;1-5(2,3)4;;;;/h;1H;;;;(H3,1,2,3,4);;;;. The molecule has 0 aliphatic rings. The summed E-state index contributed by atoms with van der Waals surface area (Å²) in [6, 6.07) is 0. The molecule has 0 aromatic heterocycles. The minimum absolute atomic E-state index is 0. The fourth-order valence-corrected chi connectivity index (χ4v) is 0. The van der Waals surface area contributed by atoms with Crippen molar-refractivity contribution in [3.05, 3.63) is 0 Å². The smallest absolute Gasteiger partial charge is 0 e. The van der Waals surface area contributed by atoms with Crippen molar-refractivity contribution in [2.45, 2.75) is 0 Å². The molecule has 63 valence electrons. The maximum atomic E-state index is 8.88. The van der Waals surface area contributed by atoms with E-state index in [0.717, 1.165) is 0 Å². The van der Waals surface area contributed by atoms with Crippen LogP contribution in [0.4, 0.5) is 4.70 Å². The first kappa shape index (κ1) is 38.0. The van der Waals surface area contributed by atoms with E-state index in [4.69, 9.17) is 19.2 Å². The van der Waals surface area contributed by atoms with Gasteiger partial charge in [-0.25, -0.2) is 4.57 Å². The van der Waals surface area contributed by atoms with Gasteiger partial charge in [0.05, 0.1) is 0 Å². The van der Waals surface area contributed by atoms with Gasteiger partial charge in [0.2, 0.25) is 0 Å². The van der Waals surface area contributed by atoms with Crippen LogP contribution in [0.25, 0.3) is 0 Å². The average molecular weight is 297 g/mol. The molecule has 0 aromatic carbocycles. The molecule has 0 unspecified atom stereocenters. The van der Waals surface area contributed by atoms with E-state index in [0.29, 0.717) is 0 Å². The molecular weight excluding hydrogens is 289 g/mol. The van der Waals surface area contributed by atoms with Crippen molar-refractivity contribution in [2.75, 3.05) is 0 Å². The fourth-order valence-electron chi connectivity index (χ4n) is 0. The summed E-state index contributed by atoms with van der Waals surface area (Å²) in [6.45, 7) is 0. The van der Waals surface area contributed by atoms with Gasteiger partial charge in [0.25, 0.3) is 0 Å². The van der Waals surface area contributed by atoms with Crippen LogP contribution in [-0.4, -0.2) is 75.5 Å². The Balaban J connectivity index is -0.00000000800. The first-order valence-corrected chi connectivity index (χ1v) is 2.35. The van der Waals surface area contributed by atoms with Crippen molar-refractivity contribution in [3.8, 4) is 0 Å². The van der Waals surface area contributed by atoms with Crippen molar-refractivity contribution in [1.82, 2.24) is 0 Å². The van der Waals surface area contributed by atoms with Crippen LogP contribution in [0.15, 0.2) is 0 Å². The molecule has 0 amide bonds. The molecule has 0 atom stereocenters. The molecule has 0 rings (SSSR count). The summed E-state index contributed by atoms with van der Waals surface area (Å²) < 4.78 is 8.88. The number of hydrogen-bond donors (Lipinski definition) is 3. The molecule has 0 aliphatic heterocycles. The molecule has 0 heterocycles. The van der Waals surface area contributed by atoms with Crippen LogP contribution in [0.2, 0.25) is 0 Å². The Kier molecular flexibility index (Phi) is 68.5. The zero-order chi connectivity index (χ0) is 4.50. The molecule has 0 saturated heterocycles. The maximum absolute atomic E-state index is 8.88. The average Bonchev–Trinajstić information content (AvgIpc) is 0.722. The maximum Gasteiger partial charge on any atom is 0.316 e. The summed E-state index contributed by atoms with van der Waals surface area (Å²) in [7, 11) is -4.64. The van der Waals surface area contributed by atoms with Crippen LogP contribution in [0, 0.1) is 0 Å². The van der Waals surface area contributed by atoms with E-state index in [9.17, 15) is 0 Å². The van der Waals surface area contributed by atoms with Gasteiger partial charge in [0.1, 0.15) is 0 Å². The Bertz CT molecular complexity index is 71.4. The predicted molar refractivity (Wildman–Crippen MR) is 33.9 cm³/mol. The summed E-state index contributed by atoms with van der Waals surface area (Å²) >= 11 is 0. The zero-order valence-electron chi connectivity index (χ0n) is 3.34. The van der Waals surface area contributed by atoms with Crippen LogP contribution in [-0.2, 0) is 38.7 Å². The molecule has 1 radical (unpaired) electrons. The Morgan fingerprint density at radius 2 is 1.10 bits per heavy atom. The molecule has 0 bridgehead atoms. The molecule has 0 aromatic rings. The van der Waals surface area contributed by atoms with Crippen LogP contribution in [0.1, 0.15) is 0 Å². The third-order valence-corrected chi connectivity index (χ3v) is 0. The van der Waals surface area contributed by atoms with Crippen molar-refractivity contribution >= 4 is 68.6 Å². The normalized spacial score (nSPS) is 5.90. The van der Waals surface area contributed by atoms with Gasteiger partial charge in [-0.05, 0) is 0 Å². The van der Waals surface area contributed by atoms with E-state index >= 15 is 0 Å². The zero-order valence-corrected chi connectivity index (χ0v) is 6.52. The second-order valence-electron chi connectivity index (χ2n) is 0.513. The van der Waals surface area contributed by atoms with Gasteiger partial charge < -0.3 is 14.7 Å². The quantitative estimate of drug-likeness (QED) is 0.338. The van der Waals surface area contributed by atoms with E-state index in [-0.39, 0.29) is 99.6 Å². The van der Waals surface area contributed by atoms with Gasteiger partial charge in [0, 0.05) is 34.1 Å². The Hall–Kier alpha value is 3.10. The molecular formula is H8CaFFeMgMnO4P. The topological polar surface area (TPSA) is 77.8 Å². The van der Waals surface area contributed by atoms with E-state index in [1.807, 2.05) is 0 Å². The Morgan fingerprint density at radius 3 is 1.10 bits per heavy atom. The van der Waals surface area contributed by atoms with Crippen LogP contribution >= 0.6 is 7.82 Å². The van der Waals surface area contributed by atoms with Crippen LogP contribution in [0.5, 0.6) is 0 Å². The van der Waals surface area contributed by atoms with Gasteiger partial charge in [-0.2, -0.15) is 0 Å². The van der Waals surface area contributed by atoms with Crippen molar-refractivity contribution in [1.29, 1.82) is 0 Å². The van der Waals surface area contributed by atoms with Crippen molar-refractivity contribution < 1.29 is 58.1 Å². The first-order chi connectivity index (χ1) is 2.00. The molecule has 10 heavy (non-hydrogen) atoms. The van der Waals surface area contributed by atoms with Crippen LogP contribution in [0.3, 0.4) is 0 Å². The SMILES string of the molecule is F.O=P(O)(O)O.[CaH2].[Fe].[MgH2].[Mn]. The second-order valence-corrected chi connectivity index (χ2v) is 1.54. The van der Waals surface area contributed by atoms with Gasteiger partial charge in [-0.15, -0.1) is 0 Å². The van der Waals surface area contributed by atoms with Gasteiger partial charge in [0.15, 0.2) is 0 Å². The largest absolute Gasteiger partial charge is 0.316 e. The monoisotopic (exact) mass is 297 g/mol. The van der Waals surface area contributed by atoms with Gasteiger partial charge >= 0.3 is 68.6 Å². The minimum Gasteiger partial charge on any atom is 0 e. The molecule has 3 N–H and O–H groups in total. The predicted octanol–water partition coefficient (Wildman–Crippen LogP) is -2.61. The van der Waals surface area contributed by atoms with E-state index < -0.39 is 7.82 Å². The van der Waals surface area contributed by atoms with E-state index in [2.05, 4.69) is 0 Å². The molecule has 0 fully saturated rings. The Labute approximate surface area is 125 Å². The number of hydrogen-bond acceptors (Lipinski definition) is 1. The number of halogens is 1. The van der Waals surface area contributed by atoms with Crippen molar-refractivity contribution in [3.63, 3.8) is 0 Å². The Morgan fingerprint density at radius 1 is 1.10 bits per heavy atom. The third kappa shape index (κ3) is 118. The molecule has 4 nitrogen and oxygen atoms in total. The van der Waals surface area contributed by atoms with Gasteiger partial charge in [-0.1, -0.05) is 0 Å². The molecule has 0 saturated carbocycles. The first-order valence-electron chi connectivity index (χ1n) is 0.783. The number of phosphoric acid groups is 1. The summed E-state index contributed by atoms with van der Waals surface area (Å²) in [5.41, 5.74) is 0. The third-order valence-electron chi connectivity index (χ3n) is 0. The summed E-state index contributed by atoms with van der Waals surface area (Å²) in [6.07, 6.45) is 0. The summed E-state index contributed by atoms with van der Waals surface area (Å²) in [5, 5.41) is 0. The van der Waals surface area contributed by atoms with Crippen LogP contribution < -0.4 is 0 Å². The minimum atomic E-state index is -4.64. The summed E-state index contributed by atoms with van der Waals surface area (Å²) in [4.78, 5) is 21.6.